The van der Waals surface area contributed by atoms with E-state index in [1.807, 2.05) is 18.2 Å². The fourth-order valence-corrected chi connectivity index (χ4v) is 1.97. The van der Waals surface area contributed by atoms with Gasteiger partial charge in [0, 0.05) is 44.6 Å². The molecule has 1 N–H and O–H groups in total. The van der Waals surface area contributed by atoms with E-state index >= 15 is 0 Å². The van der Waals surface area contributed by atoms with Gasteiger partial charge in [-0.1, -0.05) is 44.2 Å². The maximum atomic E-state index is 12.4. The molecule has 25 heavy (non-hydrogen) atoms. The number of benzene rings is 1. The standard InChI is InChI=1S/C19H26N2O4/c1-4-17(22)20-12-9-13-21(3)18(23)14-16(25-19(24)5-2)15-10-7-6-8-11-15/h6-8,10-11,14H,4-5,9,12-13H2,1-3H3,(H,20,22)/b16-14-. The summed E-state index contributed by atoms with van der Waals surface area (Å²) in [6.45, 7) is 4.50. The summed E-state index contributed by atoms with van der Waals surface area (Å²) in [7, 11) is 1.67. The average molecular weight is 346 g/mol. The van der Waals surface area contributed by atoms with Crippen LogP contribution in [-0.2, 0) is 19.1 Å². The molecule has 1 rings (SSSR count). The van der Waals surface area contributed by atoms with E-state index in [2.05, 4.69) is 5.32 Å². The second-order valence-electron chi connectivity index (χ2n) is 5.52. The molecule has 0 unspecified atom stereocenters. The summed E-state index contributed by atoms with van der Waals surface area (Å²) in [6.07, 6.45) is 2.65. The fraction of sp³-hybridized carbons (Fsp3) is 0.421. The Balaban J connectivity index is 2.70. The van der Waals surface area contributed by atoms with Crippen molar-refractivity contribution in [2.45, 2.75) is 33.1 Å². The third kappa shape index (κ3) is 7.65. The lowest BCUT2D eigenvalue weighted by molar-refractivity contribution is -0.136. The van der Waals surface area contributed by atoms with Crippen molar-refractivity contribution in [3.63, 3.8) is 0 Å². The first kappa shape index (κ1) is 20.4. The molecule has 2 amide bonds. The van der Waals surface area contributed by atoms with Gasteiger partial charge in [-0.3, -0.25) is 14.4 Å². The number of esters is 1. The maximum Gasteiger partial charge on any atom is 0.310 e. The van der Waals surface area contributed by atoms with Gasteiger partial charge < -0.3 is 15.0 Å². The monoisotopic (exact) mass is 346 g/mol. The summed E-state index contributed by atoms with van der Waals surface area (Å²) in [5.74, 6) is -0.423. The highest BCUT2D eigenvalue weighted by molar-refractivity contribution is 5.95. The summed E-state index contributed by atoms with van der Waals surface area (Å²) in [6, 6.07) is 9.03. The van der Waals surface area contributed by atoms with Crippen LogP contribution >= 0.6 is 0 Å². The molecule has 0 heterocycles. The molecule has 1 aromatic carbocycles. The van der Waals surface area contributed by atoms with Crippen LogP contribution in [0.4, 0.5) is 0 Å². The lowest BCUT2D eigenvalue weighted by Gasteiger charge is -2.16. The summed E-state index contributed by atoms with van der Waals surface area (Å²) in [4.78, 5) is 36.7. The van der Waals surface area contributed by atoms with Gasteiger partial charge in [-0.05, 0) is 6.42 Å². The van der Waals surface area contributed by atoms with Gasteiger partial charge in [0.1, 0.15) is 5.76 Å². The number of hydrogen-bond acceptors (Lipinski definition) is 4. The molecular formula is C19H26N2O4. The van der Waals surface area contributed by atoms with E-state index in [0.29, 0.717) is 31.5 Å². The number of hydrogen-bond donors (Lipinski definition) is 1. The van der Waals surface area contributed by atoms with Crippen LogP contribution in [0, 0.1) is 0 Å². The molecule has 0 radical (unpaired) electrons. The Morgan fingerprint density at radius 1 is 1.12 bits per heavy atom. The predicted octanol–water partition coefficient (Wildman–Crippen LogP) is 2.36. The van der Waals surface area contributed by atoms with Crippen molar-refractivity contribution in [2.24, 2.45) is 0 Å². The third-order valence-corrected chi connectivity index (χ3v) is 3.52. The van der Waals surface area contributed by atoms with Crippen molar-refractivity contribution >= 4 is 23.5 Å². The highest BCUT2D eigenvalue weighted by Gasteiger charge is 2.13. The van der Waals surface area contributed by atoms with E-state index in [1.165, 1.54) is 11.0 Å². The molecule has 0 saturated heterocycles. The topological polar surface area (TPSA) is 75.7 Å². The minimum Gasteiger partial charge on any atom is -0.426 e. The van der Waals surface area contributed by atoms with Gasteiger partial charge in [0.25, 0.3) is 0 Å². The van der Waals surface area contributed by atoms with Crippen molar-refractivity contribution in [1.82, 2.24) is 10.2 Å². The average Bonchev–Trinajstić information content (AvgIpc) is 2.64. The zero-order valence-corrected chi connectivity index (χ0v) is 15.1. The molecular weight excluding hydrogens is 320 g/mol. The van der Waals surface area contributed by atoms with E-state index in [1.54, 1.807) is 33.0 Å². The highest BCUT2D eigenvalue weighted by Crippen LogP contribution is 2.17. The molecule has 0 atom stereocenters. The van der Waals surface area contributed by atoms with Crippen LogP contribution in [0.2, 0.25) is 0 Å². The first-order valence-corrected chi connectivity index (χ1v) is 8.47. The lowest BCUT2D eigenvalue weighted by Crippen LogP contribution is -2.30. The van der Waals surface area contributed by atoms with E-state index in [9.17, 15) is 14.4 Å². The van der Waals surface area contributed by atoms with Gasteiger partial charge in [0.2, 0.25) is 11.8 Å². The van der Waals surface area contributed by atoms with Crippen LogP contribution in [0.25, 0.3) is 5.76 Å². The first-order chi connectivity index (χ1) is 12.0. The minimum atomic E-state index is -0.396. The smallest absolute Gasteiger partial charge is 0.310 e. The molecule has 0 aliphatic rings. The number of likely N-dealkylation sites (N-methyl/N-ethyl adjacent to an activating group) is 1. The Labute approximate surface area is 148 Å². The van der Waals surface area contributed by atoms with E-state index in [4.69, 9.17) is 4.74 Å². The molecule has 0 saturated carbocycles. The van der Waals surface area contributed by atoms with E-state index in [0.717, 1.165) is 0 Å². The minimum absolute atomic E-state index is 0.00767. The van der Waals surface area contributed by atoms with Crippen molar-refractivity contribution in [3.8, 4) is 0 Å². The van der Waals surface area contributed by atoms with Gasteiger partial charge >= 0.3 is 5.97 Å². The number of carbonyl (C=O) groups excluding carboxylic acids is 3. The van der Waals surface area contributed by atoms with Crippen molar-refractivity contribution in [1.29, 1.82) is 0 Å². The molecule has 1 aromatic rings. The van der Waals surface area contributed by atoms with Crippen molar-refractivity contribution in [2.75, 3.05) is 20.1 Å². The summed E-state index contributed by atoms with van der Waals surface area (Å²) < 4.78 is 5.30. The predicted molar refractivity (Wildman–Crippen MR) is 96.4 cm³/mol. The third-order valence-electron chi connectivity index (χ3n) is 3.52. The summed E-state index contributed by atoms with van der Waals surface area (Å²) >= 11 is 0. The summed E-state index contributed by atoms with van der Waals surface area (Å²) in [5.41, 5.74) is 0.668. The van der Waals surface area contributed by atoms with Crippen LogP contribution in [0.5, 0.6) is 0 Å². The summed E-state index contributed by atoms with van der Waals surface area (Å²) in [5, 5.41) is 2.77. The van der Waals surface area contributed by atoms with E-state index in [-0.39, 0.29) is 24.0 Å². The maximum absolute atomic E-state index is 12.4. The second kappa shape index (κ2) is 11.0. The Morgan fingerprint density at radius 2 is 1.80 bits per heavy atom. The lowest BCUT2D eigenvalue weighted by atomic mass is 10.1. The van der Waals surface area contributed by atoms with Gasteiger partial charge in [-0.15, -0.1) is 0 Å². The number of carbonyl (C=O) groups is 3. The Hall–Kier alpha value is -2.63. The molecule has 0 spiro atoms. The van der Waals surface area contributed by atoms with Crippen LogP contribution in [-0.4, -0.2) is 42.8 Å². The molecule has 0 fully saturated rings. The fourth-order valence-electron chi connectivity index (χ4n) is 1.97. The molecule has 6 nitrogen and oxygen atoms in total. The number of ether oxygens (including phenoxy) is 1. The molecule has 0 aromatic heterocycles. The van der Waals surface area contributed by atoms with Crippen LogP contribution in [0.3, 0.4) is 0 Å². The molecule has 0 bridgehead atoms. The van der Waals surface area contributed by atoms with Crippen LogP contribution in [0.15, 0.2) is 36.4 Å². The quantitative estimate of drug-likeness (QED) is 0.322. The van der Waals surface area contributed by atoms with Gasteiger partial charge in [-0.25, -0.2) is 0 Å². The Morgan fingerprint density at radius 3 is 2.40 bits per heavy atom. The largest absolute Gasteiger partial charge is 0.426 e. The highest BCUT2D eigenvalue weighted by atomic mass is 16.5. The SMILES string of the molecule is CCC(=O)NCCCN(C)C(=O)/C=C(\OC(=O)CC)c1ccccc1. The Kier molecular flexibility index (Phi) is 9.00. The van der Waals surface area contributed by atoms with Crippen molar-refractivity contribution < 1.29 is 19.1 Å². The zero-order valence-electron chi connectivity index (χ0n) is 15.1. The molecule has 6 heteroatoms. The molecule has 0 aliphatic carbocycles. The van der Waals surface area contributed by atoms with Crippen LogP contribution < -0.4 is 5.32 Å². The molecule has 0 aliphatic heterocycles. The molecule has 136 valence electrons. The zero-order chi connectivity index (χ0) is 18.7. The van der Waals surface area contributed by atoms with Gasteiger partial charge in [0.15, 0.2) is 0 Å². The van der Waals surface area contributed by atoms with Crippen molar-refractivity contribution in [3.05, 3.63) is 42.0 Å². The normalized spacial score (nSPS) is 10.9. The number of amides is 2. The number of nitrogens with one attached hydrogen (secondary N) is 1. The first-order valence-electron chi connectivity index (χ1n) is 8.47. The number of rotatable bonds is 9. The Bertz CT molecular complexity index is 611. The van der Waals surface area contributed by atoms with E-state index < -0.39 is 5.97 Å². The number of nitrogens with zero attached hydrogens (tertiary/aromatic N) is 1. The van der Waals surface area contributed by atoms with Crippen LogP contribution in [0.1, 0.15) is 38.7 Å². The van der Waals surface area contributed by atoms with Gasteiger partial charge in [0.05, 0.1) is 0 Å². The second-order valence-corrected chi connectivity index (χ2v) is 5.52. The van der Waals surface area contributed by atoms with Gasteiger partial charge in [-0.2, -0.15) is 0 Å².